The van der Waals surface area contributed by atoms with E-state index in [-0.39, 0.29) is 17.8 Å². The first-order chi connectivity index (χ1) is 15.2. The quantitative estimate of drug-likeness (QED) is 0.529. The van der Waals surface area contributed by atoms with E-state index >= 15 is 0 Å². The van der Waals surface area contributed by atoms with Gasteiger partial charge in [-0.15, -0.1) is 5.10 Å². The number of carbonyl (C=O) groups excluding carboxylic acids is 1. The van der Waals surface area contributed by atoms with Gasteiger partial charge in [-0.3, -0.25) is 4.79 Å². The van der Waals surface area contributed by atoms with E-state index in [1.165, 1.54) is 0 Å². The van der Waals surface area contributed by atoms with Crippen LogP contribution in [0.2, 0.25) is 0 Å². The fourth-order valence-electron chi connectivity index (χ4n) is 3.33. The summed E-state index contributed by atoms with van der Waals surface area (Å²) in [5, 5.41) is 7.55. The molecule has 0 radical (unpaired) electrons. The van der Waals surface area contributed by atoms with E-state index in [2.05, 4.69) is 15.4 Å². The van der Waals surface area contributed by atoms with Gasteiger partial charge in [-0.1, -0.05) is 24.6 Å². The molecule has 3 aromatic rings. The molecule has 2 aromatic carbocycles. The molecule has 1 saturated carbocycles. The predicted molar refractivity (Wildman–Crippen MR) is 117 cm³/mol. The lowest BCUT2D eigenvalue weighted by Gasteiger charge is -2.24. The Morgan fingerprint density at radius 1 is 1.13 bits per heavy atom. The molecule has 0 aliphatic heterocycles. The first-order valence-corrected chi connectivity index (χ1v) is 10.3. The third-order valence-corrected chi connectivity index (χ3v) is 5.27. The van der Waals surface area contributed by atoms with Crippen molar-refractivity contribution in [1.29, 1.82) is 0 Å². The number of rotatable bonds is 9. The van der Waals surface area contributed by atoms with Crippen LogP contribution in [0.1, 0.15) is 19.3 Å². The predicted octanol–water partition coefficient (Wildman–Crippen LogP) is 3.71. The van der Waals surface area contributed by atoms with Crippen LogP contribution in [0.25, 0.3) is 17.1 Å². The number of nitrogens with zero attached hydrogens (tertiary/aromatic N) is 3. The molecule has 1 fully saturated rings. The summed E-state index contributed by atoms with van der Waals surface area (Å²) in [6.45, 7) is 0.779. The van der Waals surface area contributed by atoms with Crippen molar-refractivity contribution in [3.63, 3.8) is 0 Å². The highest BCUT2D eigenvalue weighted by Crippen LogP contribution is 2.29. The van der Waals surface area contributed by atoms with Gasteiger partial charge >= 0.3 is 6.01 Å². The van der Waals surface area contributed by atoms with Gasteiger partial charge in [0.2, 0.25) is 5.91 Å². The number of hydrogen-bond donors (Lipinski definition) is 1. The number of benzene rings is 2. The molecule has 0 bridgehead atoms. The lowest BCUT2D eigenvalue weighted by atomic mass is 9.85. The molecule has 0 atom stereocenters. The Kier molecular flexibility index (Phi) is 6.47. The van der Waals surface area contributed by atoms with E-state index in [9.17, 15) is 4.79 Å². The topological polar surface area (TPSA) is 87.5 Å². The Morgan fingerprint density at radius 3 is 2.71 bits per heavy atom. The van der Waals surface area contributed by atoms with Gasteiger partial charge in [0, 0.05) is 24.3 Å². The zero-order valence-corrected chi connectivity index (χ0v) is 17.7. The molecule has 1 aromatic heterocycles. The molecule has 162 valence electrons. The number of amides is 1. The lowest BCUT2D eigenvalue weighted by molar-refractivity contribution is -0.122. The molecule has 1 aliphatic carbocycles. The van der Waals surface area contributed by atoms with Crippen molar-refractivity contribution in [3.8, 4) is 28.8 Å². The highest BCUT2D eigenvalue weighted by molar-refractivity contribution is 5.93. The second-order valence-electron chi connectivity index (χ2n) is 7.37. The van der Waals surface area contributed by atoms with Crippen molar-refractivity contribution in [1.82, 2.24) is 14.8 Å². The Labute approximate surface area is 181 Å². The summed E-state index contributed by atoms with van der Waals surface area (Å²) in [5.41, 5.74) is 2.32. The second-order valence-corrected chi connectivity index (χ2v) is 7.37. The average molecular weight is 422 g/mol. The Balaban J connectivity index is 1.67. The van der Waals surface area contributed by atoms with Crippen LogP contribution in [0.3, 0.4) is 0 Å². The van der Waals surface area contributed by atoms with Crippen molar-refractivity contribution in [2.75, 3.05) is 32.8 Å². The molecule has 1 amide bonds. The van der Waals surface area contributed by atoms with E-state index in [1.807, 2.05) is 48.5 Å². The normalized spacial score (nSPS) is 13.5. The van der Waals surface area contributed by atoms with Crippen LogP contribution in [-0.4, -0.2) is 48.1 Å². The Bertz CT molecular complexity index is 1050. The van der Waals surface area contributed by atoms with Gasteiger partial charge in [0.15, 0.2) is 5.82 Å². The standard InChI is InChI=1S/C23H26N4O4/c1-29-12-13-31-23-25-21(17-8-4-11-20(14-17)30-2)27(26-23)19-10-5-9-18(15-19)24-22(28)16-6-3-7-16/h4-5,8-11,14-16H,3,6-7,12-13H2,1-2H3,(H,24,28). The summed E-state index contributed by atoms with van der Waals surface area (Å²) in [6.07, 6.45) is 3.03. The van der Waals surface area contributed by atoms with Gasteiger partial charge in [-0.2, -0.15) is 4.98 Å². The van der Waals surface area contributed by atoms with Crippen molar-refractivity contribution < 1.29 is 19.0 Å². The van der Waals surface area contributed by atoms with Gasteiger partial charge in [0.05, 0.1) is 19.4 Å². The molecular formula is C23H26N4O4. The smallest absolute Gasteiger partial charge is 0.336 e. The molecule has 1 N–H and O–H groups in total. The Hall–Kier alpha value is -3.39. The molecule has 8 heteroatoms. The molecule has 0 spiro atoms. The molecule has 1 heterocycles. The summed E-state index contributed by atoms with van der Waals surface area (Å²) >= 11 is 0. The van der Waals surface area contributed by atoms with Crippen molar-refractivity contribution in [3.05, 3.63) is 48.5 Å². The van der Waals surface area contributed by atoms with Crippen LogP contribution in [0, 0.1) is 5.92 Å². The van der Waals surface area contributed by atoms with E-state index in [1.54, 1.807) is 18.9 Å². The molecule has 8 nitrogen and oxygen atoms in total. The molecule has 0 saturated heterocycles. The monoisotopic (exact) mass is 422 g/mol. The third kappa shape index (κ3) is 4.86. The van der Waals surface area contributed by atoms with Gasteiger partial charge in [0.1, 0.15) is 12.4 Å². The zero-order valence-electron chi connectivity index (χ0n) is 17.7. The number of nitrogens with one attached hydrogen (secondary N) is 1. The number of carbonyl (C=O) groups is 1. The fourth-order valence-corrected chi connectivity index (χ4v) is 3.33. The minimum atomic E-state index is 0.0681. The molecule has 31 heavy (non-hydrogen) atoms. The first kappa shape index (κ1) is 20.9. The van der Waals surface area contributed by atoms with Crippen LogP contribution < -0.4 is 14.8 Å². The number of aromatic nitrogens is 3. The fraction of sp³-hybridized carbons (Fsp3) is 0.348. The van der Waals surface area contributed by atoms with E-state index < -0.39 is 0 Å². The molecule has 0 unspecified atom stereocenters. The maximum Gasteiger partial charge on any atom is 0.336 e. The third-order valence-electron chi connectivity index (χ3n) is 5.27. The number of hydrogen-bond acceptors (Lipinski definition) is 6. The van der Waals surface area contributed by atoms with Gasteiger partial charge in [-0.05, 0) is 43.2 Å². The number of ether oxygens (including phenoxy) is 3. The molecule has 1 aliphatic rings. The highest BCUT2D eigenvalue weighted by Gasteiger charge is 2.25. The SMILES string of the molecule is COCCOc1nc(-c2cccc(OC)c2)n(-c2cccc(NC(=O)C3CCC3)c2)n1. The summed E-state index contributed by atoms with van der Waals surface area (Å²) < 4.78 is 17.7. The van der Waals surface area contributed by atoms with E-state index in [0.717, 1.165) is 42.0 Å². The summed E-state index contributed by atoms with van der Waals surface area (Å²) in [6, 6.07) is 15.4. The van der Waals surface area contributed by atoms with Gasteiger partial charge < -0.3 is 19.5 Å². The molecular weight excluding hydrogens is 396 g/mol. The molecule has 4 rings (SSSR count). The van der Waals surface area contributed by atoms with E-state index in [0.29, 0.717) is 19.0 Å². The lowest BCUT2D eigenvalue weighted by Crippen LogP contribution is -2.28. The number of methoxy groups -OCH3 is 2. The van der Waals surface area contributed by atoms with Crippen molar-refractivity contribution in [2.24, 2.45) is 5.92 Å². The van der Waals surface area contributed by atoms with Crippen molar-refractivity contribution >= 4 is 11.6 Å². The maximum atomic E-state index is 12.4. The Morgan fingerprint density at radius 2 is 1.97 bits per heavy atom. The van der Waals surface area contributed by atoms with Gasteiger partial charge in [0.25, 0.3) is 0 Å². The summed E-state index contributed by atoms with van der Waals surface area (Å²) in [4.78, 5) is 16.9. The van der Waals surface area contributed by atoms with Crippen LogP contribution in [0.15, 0.2) is 48.5 Å². The average Bonchev–Trinajstić information content (AvgIpc) is 3.17. The van der Waals surface area contributed by atoms with Crippen LogP contribution >= 0.6 is 0 Å². The minimum Gasteiger partial charge on any atom is -0.497 e. The van der Waals surface area contributed by atoms with Gasteiger partial charge in [-0.25, -0.2) is 4.68 Å². The maximum absolute atomic E-state index is 12.4. The largest absolute Gasteiger partial charge is 0.497 e. The number of anilines is 1. The van der Waals surface area contributed by atoms with Crippen LogP contribution in [-0.2, 0) is 9.53 Å². The summed E-state index contributed by atoms with van der Waals surface area (Å²) in [5.74, 6) is 1.51. The summed E-state index contributed by atoms with van der Waals surface area (Å²) in [7, 11) is 3.23. The van der Waals surface area contributed by atoms with Crippen molar-refractivity contribution in [2.45, 2.75) is 19.3 Å². The van der Waals surface area contributed by atoms with E-state index in [4.69, 9.17) is 14.2 Å². The minimum absolute atomic E-state index is 0.0681. The first-order valence-electron chi connectivity index (χ1n) is 10.3. The van der Waals surface area contributed by atoms with Crippen LogP contribution in [0.4, 0.5) is 5.69 Å². The van der Waals surface area contributed by atoms with Crippen LogP contribution in [0.5, 0.6) is 11.8 Å². The highest BCUT2D eigenvalue weighted by atomic mass is 16.5. The second kappa shape index (κ2) is 9.61. The zero-order chi connectivity index (χ0) is 21.6.